The third kappa shape index (κ3) is 2.63. The maximum Gasteiger partial charge on any atom is 0.339 e. The van der Waals surface area contributed by atoms with Crippen molar-refractivity contribution in [2.24, 2.45) is 0 Å². The molecule has 0 spiro atoms. The Bertz CT molecular complexity index is 534. The van der Waals surface area contributed by atoms with E-state index in [1.54, 1.807) is 0 Å². The van der Waals surface area contributed by atoms with Crippen LogP contribution in [0, 0.1) is 6.92 Å². The molecule has 5 heteroatoms. The molecule has 0 aliphatic carbocycles. The smallest absolute Gasteiger partial charge is 0.339 e. The Morgan fingerprint density at radius 2 is 2.35 bits per heavy atom. The molecule has 0 unspecified atom stereocenters. The van der Waals surface area contributed by atoms with E-state index < -0.39 is 5.97 Å². The summed E-state index contributed by atoms with van der Waals surface area (Å²) in [5.74, 6) is -0.308. The van der Waals surface area contributed by atoms with Gasteiger partial charge in [-0.2, -0.15) is 5.10 Å². The normalized spacial score (nSPS) is 10.2. The maximum absolute atomic E-state index is 10.8. The second-order valence-corrected chi connectivity index (χ2v) is 3.67. The lowest BCUT2D eigenvalue weighted by molar-refractivity contribution is 0.0694. The van der Waals surface area contributed by atoms with Gasteiger partial charge in [0.25, 0.3) is 0 Å². The fraction of sp³-hybridized carbons (Fsp3) is 0.167. The molecule has 1 aromatic heterocycles. The van der Waals surface area contributed by atoms with Crippen molar-refractivity contribution in [3.05, 3.63) is 47.3 Å². The third-order valence-corrected chi connectivity index (χ3v) is 2.32. The molecular formula is C12H12N2O3. The van der Waals surface area contributed by atoms with Crippen LogP contribution < -0.4 is 4.74 Å². The molecule has 2 aromatic rings. The quantitative estimate of drug-likeness (QED) is 0.845. The van der Waals surface area contributed by atoms with Crippen LogP contribution in [-0.2, 0) is 6.61 Å². The van der Waals surface area contributed by atoms with E-state index in [0.29, 0.717) is 11.4 Å². The van der Waals surface area contributed by atoms with E-state index in [9.17, 15) is 4.79 Å². The second-order valence-electron chi connectivity index (χ2n) is 3.67. The first kappa shape index (κ1) is 11.2. The first-order valence-corrected chi connectivity index (χ1v) is 5.12. The number of aryl methyl sites for hydroxylation is 1. The van der Waals surface area contributed by atoms with Crippen LogP contribution in [0.1, 0.15) is 21.6 Å². The Kier molecular flexibility index (Phi) is 3.09. The van der Waals surface area contributed by atoms with E-state index in [4.69, 9.17) is 9.84 Å². The number of carboxylic acid groups (broad SMARTS) is 1. The highest BCUT2D eigenvalue weighted by atomic mass is 16.5. The molecule has 0 saturated heterocycles. The number of aromatic carboxylic acids is 1. The van der Waals surface area contributed by atoms with Gasteiger partial charge >= 0.3 is 5.97 Å². The Balaban J connectivity index is 2.07. The molecule has 88 valence electrons. The summed E-state index contributed by atoms with van der Waals surface area (Å²) in [4.78, 5) is 10.8. The van der Waals surface area contributed by atoms with Crippen LogP contribution in [0.25, 0.3) is 0 Å². The van der Waals surface area contributed by atoms with Crippen molar-refractivity contribution in [2.45, 2.75) is 13.5 Å². The summed E-state index contributed by atoms with van der Waals surface area (Å²) in [6.45, 7) is 2.12. The molecule has 1 heterocycles. The van der Waals surface area contributed by atoms with Gasteiger partial charge in [0.2, 0.25) is 0 Å². The predicted molar refractivity (Wildman–Crippen MR) is 61.1 cm³/mol. The fourth-order valence-electron chi connectivity index (χ4n) is 1.47. The van der Waals surface area contributed by atoms with Gasteiger partial charge in [0.05, 0.1) is 11.9 Å². The van der Waals surface area contributed by atoms with E-state index in [0.717, 1.165) is 5.56 Å². The molecule has 0 radical (unpaired) electrons. The molecule has 0 bridgehead atoms. The van der Waals surface area contributed by atoms with Crippen LogP contribution >= 0.6 is 0 Å². The van der Waals surface area contributed by atoms with Crippen LogP contribution in [0.3, 0.4) is 0 Å². The van der Waals surface area contributed by atoms with Gasteiger partial charge in [0.1, 0.15) is 17.9 Å². The summed E-state index contributed by atoms with van der Waals surface area (Å²) >= 11 is 0. The average molecular weight is 232 g/mol. The number of aromatic amines is 1. The summed E-state index contributed by atoms with van der Waals surface area (Å²) in [5.41, 5.74) is 1.68. The van der Waals surface area contributed by atoms with E-state index in [2.05, 4.69) is 10.2 Å². The van der Waals surface area contributed by atoms with Crippen molar-refractivity contribution in [2.75, 3.05) is 0 Å². The van der Waals surface area contributed by atoms with Crippen molar-refractivity contribution in [1.82, 2.24) is 10.2 Å². The van der Waals surface area contributed by atoms with E-state index in [-0.39, 0.29) is 12.2 Å². The molecule has 0 atom stereocenters. The van der Waals surface area contributed by atoms with Gasteiger partial charge in [-0.15, -0.1) is 0 Å². The number of hydrogen-bond acceptors (Lipinski definition) is 3. The molecule has 0 amide bonds. The van der Waals surface area contributed by atoms with Gasteiger partial charge in [0.15, 0.2) is 0 Å². The number of ether oxygens (including phenoxy) is 1. The lowest BCUT2D eigenvalue weighted by Crippen LogP contribution is -2.04. The predicted octanol–water partition coefficient (Wildman–Crippen LogP) is 2.00. The third-order valence-electron chi connectivity index (χ3n) is 2.32. The molecule has 5 nitrogen and oxygen atoms in total. The highest BCUT2D eigenvalue weighted by Gasteiger charge is 2.12. The number of nitrogens with one attached hydrogen (secondary N) is 1. The van der Waals surface area contributed by atoms with Crippen LogP contribution in [0.5, 0.6) is 5.75 Å². The number of aromatic nitrogens is 2. The molecule has 0 aliphatic heterocycles. The summed E-state index contributed by atoms with van der Waals surface area (Å²) in [7, 11) is 0. The van der Waals surface area contributed by atoms with Gasteiger partial charge in [-0.1, -0.05) is 12.1 Å². The fourth-order valence-corrected chi connectivity index (χ4v) is 1.47. The molecule has 0 saturated carbocycles. The zero-order valence-electron chi connectivity index (χ0n) is 9.30. The van der Waals surface area contributed by atoms with Crippen molar-refractivity contribution in [1.29, 1.82) is 0 Å². The van der Waals surface area contributed by atoms with Gasteiger partial charge < -0.3 is 9.84 Å². The van der Waals surface area contributed by atoms with Crippen LogP contribution in [0.15, 0.2) is 30.5 Å². The van der Waals surface area contributed by atoms with Crippen molar-refractivity contribution in [3.8, 4) is 5.75 Å². The summed E-state index contributed by atoms with van der Waals surface area (Å²) in [6.07, 6.45) is 1.28. The SMILES string of the molecule is Cc1cccc(OCc2[nH]ncc2C(=O)O)c1. The first-order chi connectivity index (χ1) is 8.16. The topological polar surface area (TPSA) is 75.2 Å². The number of H-pyrrole nitrogens is 1. The average Bonchev–Trinajstić information content (AvgIpc) is 2.74. The highest BCUT2D eigenvalue weighted by Crippen LogP contribution is 2.15. The Hall–Kier alpha value is -2.30. The summed E-state index contributed by atoms with van der Waals surface area (Å²) < 4.78 is 5.49. The second kappa shape index (κ2) is 4.69. The summed E-state index contributed by atoms with van der Waals surface area (Å²) in [5, 5.41) is 15.2. The number of carboxylic acids is 1. The number of rotatable bonds is 4. The molecule has 1 aromatic carbocycles. The Morgan fingerprint density at radius 3 is 3.06 bits per heavy atom. The number of benzene rings is 1. The van der Waals surface area contributed by atoms with E-state index in [1.165, 1.54) is 6.20 Å². The Labute approximate surface area is 98.0 Å². The number of carbonyl (C=O) groups is 1. The van der Waals surface area contributed by atoms with Gasteiger partial charge in [-0.05, 0) is 24.6 Å². The zero-order valence-corrected chi connectivity index (χ0v) is 9.30. The van der Waals surface area contributed by atoms with Crippen molar-refractivity contribution >= 4 is 5.97 Å². The van der Waals surface area contributed by atoms with Crippen LogP contribution in [-0.4, -0.2) is 21.3 Å². The van der Waals surface area contributed by atoms with Crippen LogP contribution in [0.2, 0.25) is 0 Å². The Morgan fingerprint density at radius 1 is 1.53 bits per heavy atom. The molecule has 2 rings (SSSR count). The summed E-state index contributed by atoms with van der Waals surface area (Å²) in [6, 6.07) is 7.56. The van der Waals surface area contributed by atoms with Crippen LogP contribution in [0.4, 0.5) is 0 Å². The van der Waals surface area contributed by atoms with Gasteiger partial charge in [-0.3, -0.25) is 5.10 Å². The van der Waals surface area contributed by atoms with E-state index in [1.807, 2.05) is 31.2 Å². The van der Waals surface area contributed by atoms with Gasteiger partial charge in [0, 0.05) is 0 Å². The number of hydrogen-bond donors (Lipinski definition) is 2. The maximum atomic E-state index is 10.8. The number of nitrogens with zero attached hydrogens (tertiary/aromatic N) is 1. The largest absolute Gasteiger partial charge is 0.487 e. The molecule has 2 N–H and O–H groups in total. The van der Waals surface area contributed by atoms with Crippen molar-refractivity contribution < 1.29 is 14.6 Å². The standard InChI is InChI=1S/C12H12N2O3/c1-8-3-2-4-9(5-8)17-7-11-10(12(15)16)6-13-14-11/h2-6H,7H2,1H3,(H,13,14)(H,15,16). The first-order valence-electron chi connectivity index (χ1n) is 5.12. The monoisotopic (exact) mass is 232 g/mol. The molecular weight excluding hydrogens is 220 g/mol. The van der Waals surface area contributed by atoms with E-state index >= 15 is 0 Å². The lowest BCUT2D eigenvalue weighted by atomic mass is 10.2. The minimum atomic E-state index is -1.01. The molecule has 0 fully saturated rings. The molecule has 17 heavy (non-hydrogen) atoms. The minimum Gasteiger partial charge on any atom is -0.487 e. The zero-order chi connectivity index (χ0) is 12.3. The van der Waals surface area contributed by atoms with Gasteiger partial charge in [-0.25, -0.2) is 4.79 Å². The minimum absolute atomic E-state index is 0.137. The lowest BCUT2D eigenvalue weighted by Gasteiger charge is -2.05. The van der Waals surface area contributed by atoms with Crippen molar-refractivity contribution in [3.63, 3.8) is 0 Å². The highest BCUT2D eigenvalue weighted by molar-refractivity contribution is 5.88. The molecule has 0 aliphatic rings.